The molecule has 0 saturated heterocycles. The topological polar surface area (TPSA) is 84.2 Å². The van der Waals surface area contributed by atoms with Gasteiger partial charge in [-0.1, -0.05) is 69.7 Å². The normalized spacial score (nSPS) is 11.2. The van der Waals surface area contributed by atoms with Gasteiger partial charge in [-0.15, -0.1) is 0 Å². The van der Waals surface area contributed by atoms with Gasteiger partial charge in [0, 0.05) is 9.86 Å². The van der Waals surface area contributed by atoms with Crippen LogP contribution in [0.5, 0.6) is 5.75 Å². The van der Waals surface area contributed by atoms with Gasteiger partial charge in [-0.25, -0.2) is 4.98 Å². The minimum Gasteiger partial charge on any atom is -0.506 e. The Morgan fingerprint density at radius 3 is 2.62 bits per heavy atom. The Hall–Kier alpha value is -3.49. The van der Waals surface area contributed by atoms with Gasteiger partial charge in [0.2, 0.25) is 0 Å². The van der Waals surface area contributed by atoms with Crippen LogP contribution < -0.4 is 10.9 Å². The third-order valence-electron chi connectivity index (χ3n) is 5.13. The van der Waals surface area contributed by atoms with Crippen molar-refractivity contribution in [3.8, 4) is 5.75 Å². The lowest BCUT2D eigenvalue weighted by Gasteiger charge is -2.14. The highest BCUT2D eigenvalue weighted by Crippen LogP contribution is 2.30. The number of carbonyl (C=O) groups excluding carboxylic acids is 1. The molecule has 0 bridgehead atoms. The Morgan fingerprint density at radius 1 is 1.06 bits per heavy atom. The molecule has 2 heterocycles. The highest BCUT2D eigenvalue weighted by atomic mass is 79.9. The molecule has 0 aliphatic rings. The molecule has 0 aliphatic heterocycles. The molecule has 0 spiro atoms. The third-order valence-corrected chi connectivity index (χ3v) is 6.55. The van der Waals surface area contributed by atoms with E-state index >= 15 is 0 Å². The average Bonchev–Trinajstić information content (AvgIpc) is 3.18. The monoisotopic (exact) mass is 505 g/mol. The molecule has 5 rings (SSSR count). The highest BCUT2D eigenvalue weighted by Gasteiger charge is 2.23. The summed E-state index contributed by atoms with van der Waals surface area (Å²) in [6.45, 7) is 0.274. The van der Waals surface area contributed by atoms with E-state index in [1.165, 1.54) is 15.9 Å². The zero-order chi connectivity index (χ0) is 22.2. The molecule has 0 radical (unpaired) electrons. The molecule has 5 aromatic rings. The molecule has 0 aliphatic carbocycles. The van der Waals surface area contributed by atoms with Crippen molar-refractivity contribution in [2.24, 2.45) is 0 Å². The summed E-state index contributed by atoms with van der Waals surface area (Å²) in [5.41, 5.74) is 1.33. The van der Waals surface area contributed by atoms with Crippen LogP contribution in [-0.4, -0.2) is 20.6 Å². The smallest absolute Gasteiger partial charge is 0.268 e. The van der Waals surface area contributed by atoms with Crippen LogP contribution in [0.2, 0.25) is 0 Å². The number of halogens is 1. The maximum atomic E-state index is 13.4. The first-order valence-electron chi connectivity index (χ1n) is 9.77. The number of nitrogens with zero attached hydrogens (tertiary/aromatic N) is 2. The number of thiazole rings is 1. The molecule has 32 heavy (non-hydrogen) atoms. The molecule has 158 valence electrons. The van der Waals surface area contributed by atoms with E-state index in [0.717, 1.165) is 20.3 Å². The van der Waals surface area contributed by atoms with Crippen molar-refractivity contribution in [3.63, 3.8) is 0 Å². The highest BCUT2D eigenvalue weighted by molar-refractivity contribution is 9.10. The van der Waals surface area contributed by atoms with Crippen LogP contribution in [0.4, 0.5) is 5.13 Å². The summed E-state index contributed by atoms with van der Waals surface area (Å²) in [7, 11) is 0. The molecule has 0 saturated carbocycles. The van der Waals surface area contributed by atoms with Gasteiger partial charge in [-0.05, 0) is 35.9 Å². The van der Waals surface area contributed by atoms with Crippen LogP contribution in [0.25, 0.3) is 21.1 Å². The SMILES string of the molecule is O=C(Nc1nc2ccc(Br)cc2s1)c1c(O)c2ccccc2n(Cc2ccccc2)c1=O. The fourth-order valence-electron chi connectivity index (χ4n) is 3.63. The number of aromatic hydroxyl groups is 1. The van der Waals surface area contributed by atoms with Gasteiger partial charge >= 0.3 is 0 Å². The Morgan fingerprint density at radius 2 is 1.81 bits per heavy atom. The van der Waals surface area contributed by atoms with Crippen molar-refractivity contribution in [2.75, 3.05) is 5.32 Å². The van der Waals surface area contributed by atoms with Crippen molar-refractivity contribution in [1.82, 2.24) is 9.55 Å². The third kappa shape index (κ3) is 3.68. The molecule has 2 aromatic heterocycles. The van der Waals surface area contributed by atoms with Crippen LogP contribution in [0, 0.1) is 0 Å². The lowest BCUT2D eigenvalue weighted by Crippen LogP contribution is -2.30. The summed E-state index contributed by atoms with van der Waals surface area (Å²) >= 11 is 4.71. The van der Waals surface area contributed by atoms with Crippen LogP contribution in [0.15, 0.2) is 82.1 Å². The van der Waals surface area contributed by atoms with Crippen LogP contribution in [0.3, 0.4) is 0 Å². The Balaban J connectivity index is 1.60. The largest absolute Gasteiger partial charge is 0.506 e. The van der Waals surface area contributed by atoms with Gasteiger partial charge in [-0.3, -0.25) is 14.9 Å². The van der Waals surface area contributed by atoms with Gasteiger partial charge in [0.1, 0.15) is 11.3 Å². The second kappa shape index (κ2) is 8.22. The van der Waals surface area contributed by atoms with Crippen molar-refractivity contribution in [2.45, 2.75) is 6.54 Å². The first-order valence-corrected chi connectivity index (χ1v) is 11.4. The average molecular weight is 506 g/mol. The molecular formula is C24H16BrN3O3S. The zero-order valence-corrected chi connectivity index (χ0v) is 19.0. The number of fused-ring (bicyclic) bond motifs is 2. The van der Waals surface area contributed by atoms with Crippen molar-refractivity contribution < 1.29 is 9.90 Å². The number of nitrogens with one attached hydrogen (secondary N) is 1. The van der Waals surface area contributed by atoms with E-state index in [-0.39, 0.29) is 17.9 Å². The molecule has 2 N–H and O–H groups in total. The first-order chi connectivity index (χ1) is 15.5. The number of hydrogen-bond donors (Lipinski definition) is 2. The van der Waals surface area contributed by atoms with E-state index in [9.17, 15) is 14.7 Å². The summed E-state index contributed by atoms with van der Waals surface area (Å²) in [4.78, 5) is 30.9. The second-order valence-electron chi connectivity index (χ2n) is 7.20. The second-order valence-corrected chi connectivity index (χ2v) is 9.15. The fraction of sp³-hybridized carbons (Fsp3) is 0.0417. The van der Waals surface area contributed by atoms with Crippen molar-refractivity contribution in [1.29, 1.82) is 0 Å². The summed E-state index contributed by atoms with van der Waals surface area (Å²) in [6, 6.07) is 22.1. The fourth-order valence-corrected chi connectivity index (χ4v) is 5.04. The van der Waals surface area contributed by atoms with Crippen molar-refractivity contribution >= 4 is 59.4 Å². The molecule has 6 nitrogen and oxygen atoms in total. The molecule has 3 aromatic carbocycles. The minimum absolute atomic E-state index is 0.274. The van der Waals surface area contributed by atoms with Gasteiger partial charge in [0.05, 0.1) is 22.3 Å². The molecule has 0 atom stereocenters. The number of anilines is 1. The van der Waals surface area contributed by atoms with E-state index in [2.05, 4.69) is 26.2 Å². The maximum absolute atomic E-state index is 13.4. The summed E-state index contributed by atoms with van der Waals surface area (Å²) in [6.07, 6.45) is 0. The molecule has 0 unspecified atom stereocenters. The summed E-state index contributed by atoms with van der Waals surface area (Å²) in [5.74, 6) is -1.03. The first kappa shape index (κ1) is 20.4. The quantitative estimate of drug-likeness (QED) is 0.343. The van der Waals surface area contributed by atoms with Gasteiger partial charge < -0.3 is 9.67 Å². The molecular weight excluding hydrogens is 490 g/mol. The summed E-state index contributed by atoms with van der Waals surface area (Å²) in [5, 5.41) is 14.3. The van der Waals surface area contributed by atoms with Gasteiger partial charge in [0.15, 0.2) is 5.13 Å². The number of carbonyl (C=O) groups is 1. The Labute approximate surface area is 194 Å². The van der Waals surface area contributed by atoms with E-state index < -0.39 is 11.5 Å². The maximum Gasteiger partial charge on any atom is 0.268 e. The van der Waals surface area contributed by atoms with Crippen LogP contribution in [0.1, 0.15) is 15.9 Å². The molecule has 8 heteroatoms. The number of pyridine rings is 1. The lowest BCUT2D eigenvalue weighted by atomic mass is 10.1. The summed E-state index contributed by atoms with van der Waals surface area (Å²) < 4.78 is 3.30. The van der Waals surface area contributed by atoms with Gasteiger partial charge in [0.25, 0.3) is 11.5 Å². The molecule has 0 fully saturated rings. The predicted octanol–water partition coefficient (Wildman–Crippen LogP) is 5.38. The van der Waals surface area contributed by atoms with Gasteiger partial charge in [-0.2, -0.15) is 0 Å². The number of aromatic nitrogens is 2. The number of para-hydroxylation sites is 1. The van der Waals surface area contributed by atoms with Crippen LogP contribution >= 0.6 is 27.3 Å². The van der Waals surface area contributed by atoms with E-state index in [1.807, 2.05) is 48.5 Å². The Kier molecular flexibility index (Phi) is 5.24. The Bertz CT molecular complexity index is 1540. The lowest BCUT2D eigenvalue weighted by molar-refractivity contribution is 0.102. The predicted molar refractivity (Wildman–Crippen MR) is 131 cm³/mol. The number of rotatable bonds is 4. The van der Waals surface area contributed by atoms with Crippen molar-refractivity contribution in [3.05, 3.63) is 98.7 Å². The van der Waals surface area contributed by atoms with Crippen LogP contribution in [-0.2, 0) is 6.54 Å². The van der Waals surface area contributed by atoms with E-state index in [0.29, 0.717) is 16.0 Å². The number of amides is 1. The number of benzene rings is 3. The van der Waals surface area contributed by atoms with E-state index in [4.69, 9.17) is 0 Å². The molecule has 1 amide bonds. The van der Waals surface area contributed by atoms with E-state index in [1.54, 1.807) is 24.3 Å². The minimum atomic E-state index is -0.696. The number of hydrogen-bond acceptors (Lipinski definition) is 5. The zero-order valence-electron chi connectivity index (χ0n) is 16.6. The standard InChI is InChI=1S/C24H16BrN3O3S/c25-15-10-11-17-19(12-15)32-24(26-17)27-22(30)20-21(29)16-8-4-5-9-18(16)28(23(20)31)13-14-6-2-1-3-7-14/h1-12,29H,13H2,(H,26,27,30).